The maximum absolute atomic E-state index is 12.1. The van der Waals surface area contributed by atoms with Crippen LogP contribution >= 0.6 is 0 Å². The standard InChI is InChI=1S/C10H21NO2/c1-3-4-5-6-11(12)7-8-13-10(2)9-11/h10H,3-9H2,1-2H3. The molecule has 0 saturated carbocycles. The number of hydrogen-bond donors (Lipinski definition) is 0. The van der Waals surface area contributed by atoms with Crippen LogP contribution in [0.25, 0.3) is 0 Å². The lowest BCUT2D eigenvalue weighted by Crippen LogP contribution is -2.53. The first-order valence-electron chi connectivity index (χ1n) is 5.35. The molecule has 0 spiro atoms. The Morgan fingerprint density at radius 3 is 2.85 bits per heavy atom. The summed E-state index contributed by atoms with van der Waals surface area (Å²) in [4.78, 5) is 0. The van der Waals surface area contributed by atoms with Crippen molar-refractivity contribution in [3.8, 4) is 0 Å². The van der Waals surface area contributed by atoms with Crippen LogP contribution in [0.3, 0.4) is 0 Å². The lowest BCUT2D eigenvalue weighted by atomic mass is 10.2. The summed E-state index contributed by atoms with van der Waals surface area (Å²) < 4.78 is 5.34. The van der Waals surface area contributed by atoms with Crippen LogP contribution in [0.2, 0.25) is 0 Å². The molecular formula is C10H21NO2. The Bertz CT molecular complexity index is 152. The predicted molar refractivity (Wildman–Crippen MR) is 53.2 cm³/mol. The van der Waals surface area contributed by atoms with Gasteiger partial charge in [-0.2, -0.15) is 0 Å². The highest BCUT2D eigenvalue weighted by atomic mass is 16.6. The first-order chi connectivity index (χ1) is 6.16. The number of ether oxygens (including phenoxy) is 1. The van der Waals surface area contributed by atoms with Gasteiger partial charge in [0.2, 0.25) is 0 Å². The number of unbranched alkanes of at least 4 members (excludes halogenated alkanes) is 2. The lowest BCUT2D eigenvalue weighted by molar-refractivity contribution is -0.892. The number of hydroxylamine groups is 3. The zero-order chi connectivity index (χ0) is 9.73. The third kappa shape index (κ3) is 3.63. The molecule has 2 unspecified atom stereocenters. The van der Waals surface area contributed by atoms with Crippen LogP contribution in [-0.4, -0.2) is 37.0 Å². The topological polar surface area (TPSA) is 32.3 Å². The number of hydrogen-bond acceptors (Lipinski definition) is 2. The molecule has 0 bridgehead atoms. The number of morpholine rings is 1. The molecule has 2 atom stereocenters. The van der Waals surface area contributed by atoms with E-state index in [0.717, 1.165) is 13.0 Å². The molecular weight excluding hydrogens is 166 g/mol. The fourth-order valence-electron chi connectivity index (χ4n) is 1.89. The van der Waals surface area contributed by atoms with Gasteiger partial charge in [-0.3, -0.25) is 0 Å². The van der Waals surface area contributed by atoms with Crippen molar-refractivity contribution in [2.75, 3.05) is 26.2 Å². The Balaban J connectivity index is 2.27. The maximum Gasteiger partial charge on any atom is 0.105 e. The van der Waals surface area contributed by atoms with Crippen molar-refractivity contribution in [2.24, 2.45) is 0 Å². The second-order valence-corrected chi connectivity index (χ2v) is 4.08. The van der Waals surface area contributed by atoms with Crippen molar-refractivity contribution in [2.45, 2.75) is 39.2 Å². The molecule has 13 heavy (non-hydrogen) atoms. The van der Waals surface area contributed by atoms with Crippen LogP contribution in [0.15, 0.2) is 0 Å². The largest absolute Gasteiger partial charge is 0.633 e. The number of rotatable bonds is 4. The SMILES string of the molecule is CCCCC[N+]1([O-])CCOC(C)C1. The van der Waals surface area contributed by atoms with E-state index in [9.17, 15) is 5.21 Å². The molecule has 1 fully saturated rings. The van der Waals surface area contributed by atoms with Crippen LogP contribution in [-0.2, 0) is 4.74 Å². The van der Waals surface area contributed by atoms with Crippen molar-refractivity contribution in [3.63, 3.8) is 0 Å². The third-order valence-electron chi connectivity index (χ3n) is 2.66. The molecule has 1 rings (SSSR count). The van der Waals surface area contributed by atoms with Crippen LogP contribution in [0.4, 0.5) is 0 Å². The number of nitrogens with zero attached hydrogens (tertiary/aromatic N) is 1. The van der Waals surface area contributed by atoms with Gasteiger partial charge in [0.1, 0.15) is 19.2 Å². The minimum Gasteiger partial charge on any atom is -0.633 e. The van der Waals surface area contributed by atoms with E-state index in [1.54, 1.807) is 0 Å². The summed E-state index contributed by atoms with van der Waals surface area (Å²) in [5, 5.41) is 12.1. The van der Waals surface area contributed by atoms with E-state index in [-0.39, 0.29) is 10.8 Å². The summed E-state index contributed by atoms with van der Waals surface area (Å²) in [6.07, 6.45) is 3.57. The zero-order valence-electron chi connectivity index (χ0n) is 8.79. The van der Waals surface area contributed by atoms with E-state index in [0.29, 0.717) is 19.7 Å². The van der Waals surface area contributed by atoms with Crippen molar-refractivity contribution >= 4 is 0 Å². The molecule has 0 aromatic rings. The van der Waals surface area contributed by atoms with Gasteiger partial charge in [-0.15, -0.1) is 0 Å². The molecule has 1 heterocycles. The van der Waals surface area contributed by atoms with E-state index in [4.69, 9.17) is 4.74 Å². The molecule has 1 aliphatic heterocycles. The third-order valence-corrected chi connectivity index (χ3v) is 2.66. The molecule has 3 nitrogen and oxygen atoms in total. The molecule has 0 amide bonds. The Kier molecular flexibility index (Phi) is 4.16. The zero-order valence-corrected chi connectivity index (χ0v) is 8.79. The first kappa shape index (κ1) is 11.0. The smallest absolute Gasteiger partial charge is 0.105 e. The monoisotopic (exact) mass is 187 g/mol. The number of quaternary nitrogens is 1. The Morgan fingerprint density at radius 1 is 1.46 bits per heavy atom. The van der Waals surface area contributed by atoms with Crippen LogP contribution < -0.4 is 0 Å². The Labute approximate surface area is 80.8 Å². The summed E-state index contributed by atoms with van der Waals surface area (Å²) in [5.74, 6) is 0. The van der Waals surface area contributed by atoms with E-state index in [2.05, 4.69) is 6.92 Å². The normalized spacial score (nSPS) is 34.8. The second kappa shape index (κ2) is 4.94. The summed E-state index contributed by atoms with van der Waals surface area (Å²) >= 11 is 0. The van der Waals surface area contributed by atoms with Gasteiger partial charge in [-0.25, -0.2) is 0 Å². The minimum atomic E-state index is -0.0266. The average molecular weight is 187 g/mol. The van der Waals surface area contributed by atoms with Crippen LogP contribution in [0.1, 0.15) is 33.1 Å². The van der Waals surface area contributed by atoms with Crippen LogP contribution in [0, 0.1) is 5.21 Å². The van der Waals surface area contributed by atoms with Crippen LogP contribution in [0.5, 0.6) is 0 Å². The molecule has 0 radical (unpaired) electrons. The van der Waals surface area contributed by atoms with Crippen molar-refractivity contribution in [1.29, 1.82) is 0 Å². The molecule has 0 aromatic heterocycles. The van der Waals surface area contributed by atoms with E-state index < -0.39 is 0 Å². The summed E-state index contributed by atoms with van der Waals surface area (Å²) in [7, 11) is 0. The molecule has 0 aliphatic carbocycles. The molecule has 1 saturated heterocycles. The predicted octanol–water partition coefficient (Wildman–Crippen LogP) is 1.91. The highest BCUT2D eigenvalue weighted by molar-refractivity contribution is 4.58. The average Bonchev–Trinajstić information content (AvgIpc) is 2.04. The minimum absolute atomic E-state index is 0.0266. The Hall–Kier alpha value is -0.120. The second-order valence-electron chi connectivity index (χ2n) is 4.08. The maximum atomic E-state index is 12.1. The van der Waals surface area contributed by atoms with Gasteiger partial charge < -0.3 is 14.6 Å². The van der Waals surface area contributed by atoms with E-state index >= 15 is 0 Å². The molecule has 3 heteroatoms. The highest BCUT2D eigenvalue weighted by Crippen LogP contribution is 2.15. The van der Waals surface area contributed by atoms with Gasteiger partial charge in [0.05, 0.1) is 13.2 Å². The molecule has 0 aromatic carbocycles. The van der Waals surface area contributed by atoms with E-state index in [1.807, 2.05) is 6.92 Å². The van der Waals surface area contributed by atoms with Gasteiger partial charge in [-0.05, 0) is 19.8 Å². The van der Waals surface area contributed by atoms with Crippen molar-refractivity contribution < 1.29 is 9.38 Å². The van der Waals surface area contributed by atoms with Crippen molar-refractivity contribution in [3.05, 3.63) is 5.21 Å². The fourth-order valence-corrected chi connectivity index (χ4v) is 1.89. The van der Waals surface area contributed by atoms with E-state index in [1.165, 1.54) is 12.8 Å². The van der Waals surface area contributed by atoms with Crippen molar-refractivity contribution in [1.82, 2.24) is 0 Å². The van der Waals surface area contributed by atoms with Gasteiger partial charge in [0.25, 0.3) is 0 Å². The Morgan fingerprint density at radius 2 is 2.23 bits per heavy atom. The fraction of sp³-hybridized carbons (Fsp3) is 1.00. The summed E-state index contributed by atoms with van der Waals surface area (Å²) in [5.41, 5.74) is 0. The van der Waals surface area contributed by atoms with Gasteiger partial charge in [0.15, 0.2) is 0 Å². The van der Waals surface area contributed by atoms with Gasteiger partial charge in [0, 0.05) is 0 Å². The summed E-state index contributed by atoms with van der Waals surface area (Å²) in [6, 6.07) is 0. The first-order valence-corrected chi connectivity index (χ1v) is 5.35. The highest BCUT2D eigenvalue weighted by Gasteiger charge is 2.25. The molecule has 0 N–H and O–H groups in total. The quantitative estimate of drug-likeness (QED) is 0.382. The van der Waals surface area contributed by atoms with Gasteiger partial charge in [-0.1, -0.05) is 13.3 Å². The molecule has 78 valence electrons. The summed E-state index contributed by atoms with van der Waals surface area (Å²) in [6.45, 7) is 6.86. The lowest BCUT2D eigenvalue weighted by Gasteiger charge is -2.47. The molecule has 1 aliphatic rings. The van der Waals surface area contributed by atoms with Gasteiger partial charge >= 0.3 is 0 Å².